The van der Waals surface area contributed by atoms with Gasteiger partial charge >= 0.3 is 5.97 Å². The number of hydrogen-bond acceptors (Lipinski definition) is 4. The van der Waals surface area contributed by atoms with Gasteiger partial charge in [0, 0.05) is 24.8 Å². The van der Waals surface area contributed by atoms with Crippen molar-refractivity contribution in [2.24, 2.45) is 5.92 Å². The summed E-state index contributed by atoms with van der Waals surface area (Å²) in [5, 5.41) is 8.83. The van der Waals surface area contributed by atoms with E-state index in [0.29, 0.717) is 13.1 Å². The van der Waals surface area contributed by atoms with Gasteiger partial charge < -0.3 is 14.9 Å². The lowest BCUT2D eigenvalue weighted by molar-refractivity contribution is -0.146. The summed E-state index contributed by atoms with van der Waals surface area (Å²) in [7, 11) is 3.82. The van der Waals surface area contributed by atoms with E-state index in [1.807, 2.05) is 19.0 Å². The monoisotopic (exact) mass is 260 g/mol. The van der Waals surface area contributed by atoms with E-state index in [1.54, 1.807) is 11.8 Å². The number of carbonyl (C=O) groups excluding carboxylic acids is 1. The smallest absolute Gasteiger partial charge is 0.323 e. The highest BCUT2D eigenvalue weighted by Gasteiger charge is 2.28. The van der Waals surface area contributed by atoms with Crippen LogP contribution in [0.4, 0.5) is 0 Å². The van der Waals surface area contributed by atoms with E-state index in [2.05, 4.69) is 0 Å². The van der Waals surface area contributed by atoms with Crippen molar-refractivity contribution < 1.29 is 14.7 Å². The second kappa shape index (κ2) is 6.86. The molecule has 1 fully saturated rings. The molecular weight excluding hydrogens is 240 g/mol. The quantitative estimate of drug-likeness (QED) is 0.740. The standard InChI is InChI=1S/C11H20N2O3S/c1-12(2)4-5-13(7-10(14)15)11(16)9-3-6-17-8-9/h9H,3-8H2,1-2H3,(H,14,15). The molecule has 0 radical (unpaired) electrons. The second-order valence-corrected chi connectivity index (χ2v) is 5.67. The minimum Gasteiger partial charge on any atom is -0.480 e. The Bertz CT molecular complexity index is 278. The van der Waals surface area contributed by atoms with Gasteiger partial charge in [-0.05, 0) is 26.3 Å². The Balaban J connectivity index is 2.53. The van der Waals surface area contributed by atoms with Crippen molar-refractivity contribution in [1.82, 2.24) is 9.80 Å². The first-order chi connectivity index (χ1) is 8.00. The number of carboxylic acid groups (broad SMARTS) is 1. The molecular formula is C11H20N2O3S. The van der Waals surface area contributed by atoms with Crippen LogP contribution in [0.3, 0.4) is 0 Å². The summed E-state index contributed by atoms with van der Waals surface area (Å²) < 4.78 is 0. The summed E-state index contributed by atoms with van der Waals surface area (Å²) in [6, 6.07) is 0. The lowest BCUT2D eigenvalue weighted by atomic mass is 10.1. The van der Waals surface area contributed by atoms with Crippen LogP contribution in [0.15, 0.2) is 0 Å². The van der Waals surface area contributed by atoms with Crippen LogP contribution < -0.4 is 0 Å². The van der Waals surface area contributed by atoms with Gasteiger partial charge in [0.25, 0.3) is 0 Å². The number of rotatable bonds is 6. The number of aliphatic carboxylic acids is 1. The normalized spacial score (nSPS) is 19.6. The largest absolute Gasteiger partial charge is 0.480 e. The Morgan fingerprint density at radius 3 is 2.53 bits per heavy atom. The molecule has 5 nitrogen and oxygen atoms in total. The molecule has 0 bridgehead atoms. The van der Waals surface area contributed by atoms with Crippen LogP contribution in [0.5, 0.6) is 0 Å². The predicted octanol–water partition coefficient (Wildman–Crippen LogP) is 0.214. The molecule has 1 aliphatic rings. The van der Waals surface area contributed by atoms with Gasteiger partial charge in [0.1, 0.15) is 6.54 Å². The maximum absolute atomic E-state index is 12.1. The Kier molecular flexibility index (Phi) is 5.77. The molecule has 1 aliphatic heterocycles. The maximum Gasteiger partial charge on any atom is 0.323 e. The Morgan fingerprint density at radius 2 is 2.06 bits per heavy atom. The number of hydrogen-bond donors (Lipinski definition) is 1. The Labute approximate surface area is 106 Å². The van der Waals surface area contributed by atoms with Gasteiger partial charge in [0.15, 0.2) is 0 Å². The van der Waals surface area contributed by atoms with Crippen molar-refractivity contribution in [3.05, 3.63) is 0 Å². The predicted molar refractivity (Wildman–Crippen MR) is 68.2 cm³/mol. The number of thioether (sulfide) groups is 1. The average Bonchev–Trinajstić information content (AvgIpc) is 2.75. The minimum absolute atomic E-state index is 0.000694. The molecule has 1 heterocycles. The number of likely N-dealkylation sites (N-methyl/N-ethyl adjacent to an activating group) is 1. The van der Waals surface area contributed by atoms with Crippen LogP contribution in [0.2, 0.25) is 0 Å². The van der Waals surface area contributed by atoms with Crippen LogP contribution in [0, 0.1) is 5.92 Å². The van der Waals surface area contributed by atoms with Crippen molar-refractivity contribution in [3.8, 4) is 0 Å². The highest BCUT2D eigenvalue weighted by atomic mass is 32.2. The zero-order chi connectivity index (χ0) is 12.8. The summed E-state index contributed by atoms with van der Waals surface area (Å²) >= 11 is 1.77. The third-order valence-corrected chi connectivity index (χ3v) is 3.90. The molecule has 1 N–H and O–H groups in total. The first-order valence-electron chi connectivity index (χ1n) is 5.73. The maximum atomic E-state index is 12.1. The zero-order valence-corrected chi connectivity index (χ0v) is 11.2. The molecule has 1 rings (SSSR count). The number of nitrogens with zero attached hydrogens (tertiary/aromatic N) is 2. The third-order valence-electron chi connectivity index (χ3n) is 2.73. The molecule has 0 spiro atoms. The fourth-order valence-corrected chi connectivity index (χ4v) is 2.95. The molecule has 1 unspecified atom stereocenters. The van der Waals surface area contributed by atoms with Crippen molar-refractivity contribution in [3.63, 3.8) is 0 Å². The van der Waals surface area contributed by atoms with Crippen molar-refractivity contribution in [2.45, 2.75) is 6.42 Å². The number of carbonyl (C=O) groups is 2. The summed E-state index contributed by atoms with van der Waals surface area (Å²) in [6.45, 7) is 0.992. The van der Waals surface area contributed by atoms with E-state index in [9.17, 15) is 9.59 Å². The van der Waals surface area contributed by atoms with Crippen LogP contribution in [-0.2, 0) is 9.59 Å². The van der Waals surface area contributed by atoms with Crippen LogP contribution >= 0.6 is 11.8 Å². The van der Waals surface area contributed by atoms with E-state index in [-0.39, 0.29) is 18.4 Å². The van der Waals surface area contributed by atoms with Gasteiger partial charge in [0.2, 0.25) is 5.91 Å². The molecule has 0 aromatic carbocycles. The van der Waals surface area contributed by atoms with Crippen LogP contribution in [0.25, 0.3) is 0 Å². The van der Waals surface area contributed by atoms with E-state index in [1.165, 1.54) is 4.90 Å². The van der Waals surface area contributed by atoms with E-state index < -0.39 is 5.97 Å². The van der Waals surface area contributed by atoms with Crippen molar-refractivity contribution in [1.29, 1.82) is 0 Å². The van der Waals surface area contributed by atoms with Gasteiger partial charge in [0.05, 0.1) is 0 Å². The first kappa shape index (κ1) is 14.3. The van der Waals surface area contributed by atoms with Gasteiger partial charge in [-0.15, -0.1) is 0 Å². The van der Waals surface area contributed by atoms with Gasteiger partial charge in [-0.3, -0.25) is 9.59 Å². The third kappa shape index (κ3) is 4.95. The Morgan fingerprint density at radius 1 is 1.35 bits per heavy atom. The lowest BCUT2D eigenvalue weighted by Gasteiger charge is -2.25. The lowest BCUT2D eigenvalue weighted by Crippen LogP contribution is -2.43. The second-order valence-electron chi connectivity index (χ2n) is 4.52. The van der Waals surface area contributed by atoms with Gasteiger partial charge in [-0.1, -0.05) is 0 Å². The SMILES string of the molecule is CN(C)CCN(CC(=O)O)C(=O)C1CCSC1. The highest BCUT2D eigenvalue weighted by Crippen LogP contribution is 2.25. The van der Waals surface area contributed by atoms with Gasteiger partial charge in [-0.2, -0.15) is 11.8 Å². The first-order valence-corrected chi connectivity index (χ1v) is 6.89. The average molecular weight is 260 g/mol. The Hall–Kier alpha value is -0.750. The molecule has 1 amide bonds. The van der Waals surface area contributed by atoms with Crippen LogP contribution in [-0.4, -0.2) is 72.0 Å². The molecule has 98 valence electrons. The molecule has 1 atom stereocenters. The minimum atomic E-state index is -0.942. The summed E-state index contributed by atoms with van der Waals surface area (Å²) in [6.07, 6.45) is 0.877. The zero-order valence-electron chi connectivity index (χ0n) is 10.4. The molecule has 0 aromatic heterocycles. The fourth-order valence-electron chi connectivity index (χ4n) is 1.74. The molecule has 1 saturated heterocycles. The number of amides is 1. The molecule has 6 heteroatoms. The van der Waals surface area contributed by atoms with Crippen LogP contribution in [0.1, 0.15) is 6.42 Å². The molecule has 0 aromatic rings. The fraction of sp³-hybridized carbons (Fsp3) is 0.818. The van der Waals surface area contributed by atoms with Gasteiger partial charge in [-0.25, -0.2) is 0 Å². The molecule has 17 heavy (non-hydrogen) atoms. The summed E-state index contributed by atoms with van der Waals surface area (Å²) in [4.78, 5) is 26.3. The summed E-state index contributed by atoms with van der Waals surface area (Å²) in [5.41, 5.74) is 0. The molecule has 0 aliphatic carbocycles. The van der Waals surface area contributed by atoms with E-state index >= 15 is 0 Å². The molecule has 0 saturated carbocycles. The topological polar surface area (TPSA) is 60.9 Å². The van der Waals surface area contributed by atoms with Crippen molar-refractivity contribution in [2.75, 3.05) is 45.2 Å². The number of carboxylic acids is 1. The van der Waals surface area contributed by atoms with E-state index in [4.69, 9.17) is 5.11 Å². The highest BCUT2D eigenvalue weighted by molar-refractivity contribution is 7.99. The van der Waals surface area contributed by atoms with Crippen molar-refractivity contribution >= 4 is 23.6 Å². The van der Waals surface area contributed by atoms with E-state index in [0.717, 1.165) is 17.9 Å². The summed E-state index contributed by atoms with van der Waals surface area (Å²) in [5.74, 6) is 0.908.